The van der Waals surface area contributed by atoms with Gasteiger partial charge in [-0.3, -0.25) is 0 Å². The summed E-state index contributed by atoms with van der Waals surface area (Å²) in [6.07, 6.45) is 1.64. The lowest BCUT2D eigenvalue weighted by Crippen LogP contribution is -2.30. The van der Waals surface area contributed by atoms with Gasteiger partial charge in [0.15, 0.2) is 5.11 Å². The highest BCUT2D eigenvalue weighted by Gasteiger charge is 2.09. The van der Waals surface area contributed by atoms with Crippen LogP contribution in [0.3, 0.4) is 0 Å². The van der Waals surface area contributed by atoms with Crippen molar-refractivity contribution in [3.63, 3.8) is 0 Å². The standard InChI is InChI=1S/C14H15ClN2OS/c1-9-5-6-11(8-12(9)15)17-14(19)16-10(2)13-4-3-7-18-13/h3-8,10H,1-2H3,(H2,16,17,19)/t10-/m0/s1. The van der Waals surface area contributed by atoms with Crippen molar-refractivity contribution in [1.82, 2.24) is 5.32 Å². The van der Waals surface area contributed by atoms with Crippen molar-refractivity contribution >= 4 is 34.6 Å². The minimum absolute atomic E-state index is 0.0101. The first kappa shape index (κ1) is 13.9. The zero-order chi connectivity index (χ0) is 13.8. The zero-order valence-corrected chi connectivity index (χ0v) is 12.3. The lowest BCUT2D eigenvalue weighted by Gasteiger charge is -2.15. The Morgan fingerprint density at radius 2 is 2.16 bits per heavy atom. The van der Waals surface area contributed by atoms with Crippen molar-refractivity contribution < 1.29 is 4.42 Å². The zero-order valence-electron chi connectivity index (χ0n) is 10.7. The van der Waals surface area contributed by atoms with Crippen LogP contribution in [0.5, 0.6) is 0 Å². The molecule has 19 heavy (non-hydrogen) atoms. The predicted octanol–water partition coefficient (Wildman–Crippen LogP) is 4.29. The molecule has 3 nitrogen and oxygen atoms in total. The van der Waals surface area contributed by atoms with Gasteiger partial charge in [-0.2, -0.15) is 0 Å². The Hall–Kier alpha value is -1.52. The molecule has 2 rings (SSSR count). The van der Waals surface area contributed by atoms with Gasteiger partial charge in [0, 0.05) is 10.7 Å². The monoisotopic (exact) mass is 294 g/mol. The number of furan rings is 1. The highest BCUT2D eigenvalue weighted by Crippen LogP contribution is 2.20. The van der Waals surface area contributed by atoms with E-state index in [4.69, 9.17) is 28.2 Å². The van der Waals surface area contributed by atoms with Crippen molar-refractivity contribution in [3.05, 3.63) is 52.9 Å². The number of hydrogen-bond donors (Lipinski definition) is 2. The molecule has 0 aliphatic carbocycles. The fourth-order valence-corrected chi connectivity index (χ4v) is 2.12. The fourth-order valence-electron chi connectivity index (χ4n) is 1.64. The second-order valence-corrected chi connectivity index (χ2v) is 5.11. The fraction of sp³-hybridized carbons (Fsp3) is 0.214. The topological polar surface area (TPSA) is 37.2 Å². The molecule has 0 aliphatic heterocycles. The molecule has 0 radical (unpaired) electrons. The van der Waals surface area contributed by atoms with Gasteiger partial charge in [-0.1, -0.05) is 17.7 Å². The Morgan fingerprint density at radius 1 is 1.37 bits per heavy atom. The van der Waals surface area contributed by atoms with Crippen LogP contribution in [0.15, 0.2) is 41.0 Å². The van der Waals surface area contributed by atoms with Crippen LogP contribution in [0.25, 0.3) is 0 Å². The second kappa shape index (κ2) is 6.08. The maximum Gasteiger partial charge on any atom is 0.171 e. The summed E-state index contributed by atoms with van der Waals surface area (Å²) < 4.78 is 5.31. The maximum absolute atomic E-state index is 6.07. The van der Waals surface area contributed by atoms with Crippen molar-refractivity contribution in [2.75, 3.05) is 5.32 Å². The van der Waals surface area contributed by atoms with Gasteiger partial charge in [0.1, 0.15) is 5.76 Å². The number of hydrogen-bond acceptors (Lipinski definition) is 2. The van der Waals surface area contributed by atoms with Crippen LogP contribution in [0.1, 0.15) is 24.3 Å². The van der Waals surface area contributed by atoms with E-state index >= 15 is 0 Å². The first-order valence-corrected chi connectivity index (χ1v) is 6.72. The minimum atomic E-state index is 0.0101. The van der Waals surface area contributed by atoms with E-state index in [9.17, 15) is 0 Å². The van der Waals surface area contributed by atoms with Gasteiger partial charge in [-0.05, 0) is 55.9 Å². The van der Waals surface area contributed by atoms with Crippen molar-refractivity contribution in [2.45, 2.75) is 19.9 Å². The summed E-state index contributed by atoms with van der Waals surface area (Å²) in [6, 6.07) is 9.50. The van der Waals surface area contributed by atoms with Crippen LogP contribution >= 0.6 is 23.8 Å². The summed E-state index contributed by atoms with van der Waals surface area (Å²) in [5.41, 5.74) is 1.90. The van der Waals surface area contributed by atoms with Gasteiger partial charge >= 0.3 is 0 Å². The molecule has 1 aromatic carbocycles. The lowest BCUT2D eigenvalue weighted by atomic mass is 10.2. The summed E-state index contributed by atoms with van der Waals surface area (Å²) in [5, 5.41) is 7.49. The molecule has 0 saturated carbocycles. The Labute approximate surface area is 123 Å². The Morgan fingerprint density at radius 3 is 2.79 bits per heavy atom. The molecule has 100 valence electrons. The molecule has 1 atom stereocenters. The average Bonchev–Trinajstić information content (AvgIpc) is 2.87. The molecule has 0 bridgehead atoms. The largest absolute Gasteiger partial charge is 0.467 e. The van der Waals surface area contributed by atoms with E-state index in [0.717, 1.165) is 17.0 Å². The van der Waals surface area contributed by atoms with Crippen LogP contribution < -0.4 is 10.6 Å². The van der Waals surface area contributed by atoms with Gasteiger partial charge in [0.05, 0.1) is 12.3 Å². The lowest BCUT2D eigenvalue weighted by molar-refractivity contribution is 0.464. The van der Waals surface area contributed by atoms with E-state index in [0.29, 0.717) is 10.1 Å². The maximum atomic E-state index is 6.07. The molecule has 1 aromatic heterocycles. The molecule has 0 spiro atoms. The molecular weight excluding hydrogens is 280 g/mol. The van der Waals surface area contributed by atoms with E-state index in [1.54, 1.807) is 6.26 Å². The van der Waals surface area contributed by atoms with E-state index in [1.165, 1.54) is 0 Å². The summed E-state index contributed by atoms with van der Waals surface area (Å²) in [4.78, 5) is 0. The molecule has 1 heterocycles. The first-order valence-electron chi connectivity index (χ1n) is 5.93. The second-order valence-electron chi connectivity index (χ2n) is 4.30. The third kappa shape index (κ3) is 3.72. The molecule has 0 amide bonds. The van der Waals surface area contributed by atoms with Gasteiger partial charge in [0.25, 0.3) is 0 Å². The molecule has 5 heteroatoms. The molecule has 2 N–H and O–H groups in total. The predicted molar refractivity (Wildman–Crippen MR) is 82.7 cm³/mol. The number of nitrogens with one attached hydrogen (secondary N) is 2. The molecule has 0 fully saturated rings. The van der Waals surface area contributed by atoms with Gasteiger partial charge < -0.3 is 15.1 Å². The molecule has 2 aromatic rings. The van der Waals surface area contributed by atoms with E-state index < -0.39 is 0 Å². The Balaban J connectivity index is 1.95. The number of thiocarbonyl (C=S) groups is 1. The molecule has 0 unspecified atom stereocenters. The van der Waals surface area contributed by atoms with E-state index in [-0.39, 0.29) is 6.04 Å². The number of aryl methyl sites for hydroxylation is 1. The minimum Gasteiger partial charge on any atom is -0.467 e. The molecular formula is C14H15ClN2OS. The number of halogens is 1. The van der Waals surface area contributed by atoms with Crippen LogP contribution in [0, 0.1) is 6.92 Å². The summed E-state index contributed by atoms with van der Waals surface area (Å²) in [6.45, 7) is 3.94. The van der Waals surface area contributed by atoms with Gasteiger partial charge in [-0.25, -0.2) is 0 Å². The highest BCUT2D eigenvalue weighted by molar-refractivity contribution is 7.80. The first-order chi connectivity index (χ1) is 9.06. The van der Waals surface area contributed by atoms with E-state index in [1.807, 2.05) is 44.2 Å². The van der Waals surface area contributed by atoms with Crippen molar-refractivity contribution in [1.29, 1.82) is 0 Å². The average molecular weight is 295 g/mol. The van der Waals surface area contributed by atoms with Crippen molar-refractivity contribution in [2.24, 2.45) is 0 Å². The van der Waals surface area contributed by atoms with Gasteiger partial charge in [-0.15, -0.1) is 0 Å². The Bertz CT molecular complexity index is 569. The molecule has 0 aliphatic rings. The van der Waals surface area contributed by atoms with Crippen LogP contribution in [-0.2, 0) is 0 Å². The van der Waals surface area contributed by atoms with Crippen molar-refractivity contribution in [3.8, 4) is 0 Å². The number of rotatable bonds is 3. The SMILES string of the molecule is Cc1ccc(NC(=S)N[C@@H](C)c2ccco2)cc1Cl. The quantitative estimate of drug-likeness (QED) is 0.828. The van der Waals surface area contributed by atoms with Crippen LogP contribution in [0.4, 0.5) is 5.69 Å². The van der Waals surface area contributed by atoms with Crippen LogP contribution in [0.2, 0.25) is 5.02 Å². The summed E-state index contributed by atoms with van der Waals surface area (Å²) in [7, 11) is 0. The highest BCUT2D eigenvalue weighted by atomic mass is 35.5. The van der Waals surface area contributed by atoms with E-state index in [2.05, 4.69) is 10.6 Å². The summed E-state index contributed by atoms with van der Waals surface area (Å²) >= 11 is 11.3. The van der Waals surface area contributed by atoms with Crippen LogP contribution in [-0.4, -0.2) is 5.11 Å². The normalized spacial score (nSPS) is 11.9. The van der Waals surface area contributed by atoms with Gasteiger partial charge in [0.2, 0.25) is 0 Å². The number of benzene rings is 1. The third-order valence-electron chi connectivity index (χ3n) is 2.75. The smallest absolute Gasteiger partial charge is 0.171 e. The molecule has 0 saturated heterocycles. The Kier molecular flexibility index (Phi) is 4.45. The number of anilines is 1. The summed E-state index contributed by atoms with van der Waals surface area (Å²) in [5.74, 6) is 0.839. The third-order valence-corrected chi connectivity index (χ3v) is 3.37.